The first-order valence-corrected chi connectivity index (χ1v) is 17.0. The largest absolute Gasteiger partial charge is 0.310 e. The summed E-state index contributed by atoms with van der Waals surface area (Å²) in [5, 5.41) is 1.17. The number of nitrogens with zero attached hydrogens (tertiary/aromatic N) is 2. The second-order valence-electron chi connectivity index (χ2n) is 12.3. The summed E-state index contributed by atoms with van der Waals surface area (Å²) in [7, 11) is 0. The average molecular weight is 645 g/mol. The van der Waals surface area contributed by atoms with Crippen LogP contribution in [0.15, 0.2) is 189 Å². The minimum atomic E-state index is 1.05. The molecule has 0 fully saturated rings. The lowest BCUT2D eigenvalue weighted by Crippen LogP contribution is -2.02. The number of rotatable bonds is 10. The van der Waals surface area contributed by atoms with Crippen molar-refractivity contribution in [2.24, 2.45) is 0 Å². The molecular weight excluding hydrogens is 605 g/mol. The van der Waals surface area contributed by atoms with Gasteiger partial charge >= 0.3 is 0 Å². The number of allylic oxidation sites excluding steroid dienone is 7. The van der Waals surface area contributed by atoms with Crippen LogP contribution in [0.2, 0.25) is 0 Å². The number of para-hydroxylation sites is 1. The number of benzene rings is 5. The predicted octanol–water partition coefficient (Wildman–Crippen LogP) is 12.9. The monoisotopic (exact) mass is 644 g/mol. The molecule has 7 rings (SSSR count). The fourth-order valence-electron chi connectivity index (χ4n) is 6.76. The maximum absolute atomic E-state index is 4.29. The van der Waals surface area contributed by atoms with E-state index in [1.807, 2.05) is 19.1 Å². The Morgan fingerprint density at radius 1 is 0.600 bits per heavy atom. The average Bonchev–Trinajstić information content (AvgIpc) is 3.71. The number of hydrogen-bond acceptors (Lipinski definition) is 0. The Kier molecular flexibility index (Phi) is 9.26. The van der Waals surface area contributed by atoms with Crippen molar-refractivity contribution < 1.29 is 0 Å². The molecular formula is C48H40N2. The number of fused-ring (bicyclic) bond motifs is 1. The minimum Gasteiger partial charge on any atom is -0.310 e. The van der Waals surface area contributed by atoms with Gasteiger partial charge in [-0.3, -0.25) is 0 Å². The third-order valence-electron chi connectivity index (χ3n) is 9.14. The van der Waals surface area contributed by atoms with Crippen LogP contribution in [0.4, 0.5) is 0 Å². The third kappa shape index (κ3) is 6.27. The van der Waals surface area contributed by atoms with Gasteiger partial charge in [0.05, 0.1) is 16.9 Å². The Morgan fingerprint density at radius 3 is 1.86 bits per heavy atom. The van der Waals surface area contributed by atoms with Gasteiger partial charge in [0, 0.05) is 22.5 Å². The van der Waals surface area contributed by atoms with Gasteiger partial charge in [-0.2, -0.15) is 0 Å². The summed E-state index contributed by atoms with van der Waals surface area (Å²) >= 11 is 0. The van der Waals surface area contributed by atoms with Crippen molar-refractivity contribution in [3.05, 3.63) is 212 Å². The van der Waals surface area contributed by atoms with Gasteiger partial charge in [-0.15, -0.1) is 0 Å². The van der Waals surface area contributed by atoms with Crippen molar-refractivity contribution in [2.45, 2.75) is 13.8 Å². The highest BCUT2D eigenvalue weighted by Gasteiger charge is 2.17. The number of hydrogen-bond donors (Lipinski definition) is 0. The van der Waals surface area contributed by atoms with Crippen LogP contribution >= 0.6 is 0 Å². The van der Waals surface area contributed by atoms with E-state index in [2.05, 4.69) is 199 Å². The first-order valence-electron chi connectivity index (χ1n) is 17.0. The van der Waals surface area contributed by atoms with Crippen LogP contribution < -0.4 is 0 Å². The summed E-state index contributed by atoms with van der Waals surface area (Å²) in [6.45, 7) is 12.5. The molecule has 2 nitrogen and oxygen atoms in total. The van der Waals surface area contributed by atoms with Gasteiger partial charge in [0.25, 0.3) is 0 Å². The van der Waals surface area contributed by atoms with Crippen LogP contribution in [0.3, 0.4) is 0 Å². The SMILES string of the molecule is C=C/C=C(\C=C/C)c1cc(C)c(/C=C(\C=C)c2ccc3c(c2)cc(-c2ccccc2)n3-c2ccccc2)n1-c1ccc(-c2ccccc2)cc1. The molecule has 0 atom stereocenters. The minimum absolute atomic E-state index is 1.05. The standard InChI is InChI=1S/C48H40N2/c1-5-17-39(18-6-2)47-31-35(4)46(50(47)44-28-25-38(26-29-44)37-19-11-8-12-20-37)33-36(7-3)41-27-30-45-42(32-41)34-48(40-21-13-9-14-22-40)49(45)43-23-15-10-16-24-43/h5-34H,1,3H2,2,4H3/b18-6-,36-33+,39-17+. The highest BCUT2D eigenvalue weighted by Crippen LogP contribution is 2.36. The zero-order valence-corrected chi connectivity index (χ0v) is 28.6. The summed E-state index contributed by atoms with van der Waals surface area (Å²) in [6.07, 6.45) is 12.4. The van der Waals surface area contributed by atoms with Crippen LogP contribution in [-0.4, -0.2) is 9.13 Å². The van der Waals surface area contributed by atoms with Crippen molar-refractivity contribution in [3.8, 4) is 33.8 Å². The van der Waals surface area contributed by atoms with E-state index in [4.69, 9.17) is 0 Å². The second kappa shape index (κ2) is 14.4. The lowest BCUT2D eigenvalue weighted by molar-refractivity contribution is 1.04. The summed E-state index contributed by atoms with van der Waals surface area (Å²) in [5.41, 5.74) is 14.7. The van der Waals surface area contributed by atoms with Crippen LogP contribution in [0.5, 0.6) is 0 Å². The molecule has 2 aromatic heterocycles. The van der Waals surface area contributed by atoms with E-state index in [-0.39, 0.29) is 0 Å². The molecule has 50 heavy (non-hydrogen) atoms. The fraction of sp³-hybridized carbons (Fsp3) is 0.0417. The molecule has 0 aliphatic carbocycles. The molecule has 0 saturated carbocycles. The van der Waals surface area contributed by atoms with Gasteiger partial charge in [-0.05, 0) is 107 Å². The lowest BCUT2D eigenvalue weighted by atomic mass is 10.0. The van der Waals surface area contributed by atoms with E-state index in [0.717, 1.165) is 50.7 Å². The fourth-order valence-corrected chi connectivity index (χ4v) is 6.76. The van der Waals surface area contributed by atoms with Gasteiger partial charge in [-0.1, -0.05) is 141 Å². The quantitative estimate of drug-likeness (QED) is 0.131. The van der Waals surface area contributed by atoms with Crippen molar-refractivity contribution in [2.75, 3.05) is 0 Å². The molecule has 0 N–H and O–H groups in total. The number of aromatic nitrogens is 2. The van der Waals surface area contributed by atoms with Crippen molar-refractivity contribution in [1.82, 2.24) is 9.13 Å². The van der Waals surface area contributed by atoms with E-state index in [0.29, 0.717) is 0 Å². The van der Waals surface area contributed by atoms with Crippen molar-refractivity contribution in [1.29, 1.82) is 0 Å². The second-order valence-corrected chi connectivity index (χ2v) is 12.3. The van der Waals surface area contributed by atoms with Gasteiger partial charge in [0.15, 0.2) is 0 Å². The van der Waals surface area contributed by atoms with Gasteiger partial charge < -0.3 is 9.13 Å². The topological polar surface area (TPSA) is 9.86 Å². The normalized spacial score (nSPS) is 12.1. The first-order chi connectivity index (χ1) is 24.6. The molecule has 2 heteroatoms. The molecule has 0 unspecified atom stereocenters. The summed E-state index contributed by atoms with van der Waals surface area (Å²) in [5.74, 6) is 0. The summed E-state index contributed by atoms with van der Waals surface area (Å²) < 4.78 is 4.70. The molecule has 0 aliphatic rings. The zero-order valence-electron chi connectivity index (χ0n) is 28.6. The zero-order chi connectivity index (χ0) is 34.5. The Hall–Kier alpha value is -6.38. The molecule has 0 spiro atoms. The summed E-state index contributed by atoms with van der Waals surface area (Å²) in [6, 6.07) is 51.8. The Bertz CT molecular complexity index is 2380. The van der Waals surface area contributed by atoms with E-state index >= 15 is 0 Å². The highest BCUT2D eigenvalue weighted by atomic mass is 15.0. The molecule has 0 radical (unpaired) electrons. The summed E-state index contributed by atoms with van der Waals surface area (Å²) in [4.78, 5) is 0. The van der Waals surface area contributed by atoms with E-state index < -0.39 is 0 Å². The van der Waals surface area contributed by atoms with Gasteiger partial charge in [0.1, 0.15) is 0 Å². The molecule has 242 valence electrons. The molecule has 0 bridgehead atoms. The maximum Gasteiger partial charge on any atom is 0.0540 e. The highest BCUT2D eigenvalue weighted by molar-refractivity contribution is 5.95. The number of aryl methyl sites for hydroxylation is 1. The van der Waals surface area contributed by atoms with Crippen LogP contribution in [0.25, 0.3) is 61.9 Å². The Balaban J connectivity index is 1.39. The first kappa shape index (κ1) is 32.2. The van der Waals surface area contributed by atoms with E-state index in [1.54, 1.807) is 0 Å². The smallest absolute Gasteiger partial charge is 0.0540 e. The van der Waals surface area contributed by atoms with Gasteiger partial charge in [-0.25, -0.2) is 0 Å². The molecule has 0 saturated heterocycles. The maximum atomic E-state index is 4.29. The molecule has 0 aliphatic heterocycles. The van der Waals surface area contributed by atoms with Crippen LogP contribution in [0, 0.1) is 6.92 Å². The van der Waals surface area contributed by atoms with Crippen molar-refractivity contribution >= 4 is 28.1 Å². The van der Waals surface area contributed by atoms with Crippen molar-refractivity contribution in [3.63, 3.8) is 0 Å². The van der Waals surface area contributed by atoms with Crippen LogP contribution in [0.1, 0.15) is 29.4 Å². The van der Waals surface area contributed by atoms with E-state index in [9.17, 15) is 0 Å². The van der Waals surface area contributed by atoms with Gasteiger partial charge in [0.2, 0.25) is 0 Å². The molecule has 0 amide bonds. The van der Waals surface area contributed by atoms with Crippen LogP contribution in [-0.2, 0) is 0 Å². The lowest BCUT2D eigenvalue weighted by Gasteiger charge is -2.15. The molecule has 7 aromatic rings. The molecule has 2 heterocycles. The predicted molar refractivity (Wildman–Crippen MR) is 216 cm³/mol. The Labute approximate surface area is 295 Å². The third-order valence-corrected chi connectivity index (χ3v) is 9.14. The molecule has 5 aromatic carbocycles. The Morgan fingerprint density at radius 2 is 1.22 bits per heavy atom. The van der Waals surface area contributed by atoms with E-state index in [1.165, 1.54) is 27.6 Å².